The van der Waals surface area contributed by atoms with Gasteiger partial charge >= 0.3 is 0 Å². The summed E-state index contributed by atoms with van der Waals surface area (Å²) < 4.78 is 0. The van der Waals surface area contributed by atoms with Crippen molar-refractivity contribution in [2.24, 2.45) is 16.7 Å². The van der Waals surface area contributed by atoms with Crippen LogP contribution in [0.4, 0.5) is 0 Å². The van der Waals surface area contributed by atoms with E-state index < -0.39 is 0 Å². The average molecular weight is 385 g/mol. The molecule has 0 saturated carbocycles. The summed E-state index contributed by atoms with van der Waals surface area (Å²) in [7, 11) is 0. The van der Waals surface area contributed by atoms with Gasteiger partial charge in [-0.1, -0.05) is 95.3 Å². The summed E-state index contributed by atoms with van der Waals surface area (Å²) in [6, 6.07) is 6.81. The third-order valence-corrected chi connectivity index (χ3v) is 8.31. The predicted octanol–water partition coefficient (Wildman–Crippen LogP) is 8.28. The molecule has 0 aliphatic heterocycles. The molecule has 0 aromatic heterocycles. The van der Waals surface area contributed by atoms with Crippen molar-refractivity contribution in [2.45, 2.75) is 66.7 Å². The van der Waals surface area contributed by atoms with Crippen molar-refractivity contribution in [3.05, 3.63) is 82.5 Å². The monoisotopic (exact) mass is 384 g/mol. The molecule has 0 heterocycles. The van der Waals surface area contributed by atoms with E-state index in [4.69, 9.17) is 6.58 Å². The van der Waals surface area contributed by atoms with E-state index in [-0.39, 0.29) is 16.2 Å². The van der Waals surface area contributed by atoms with Gasteiger partial charge < -0.3 is 0 Å². The maximum atomic E-state index is 4.74. The Hall–Kier alpha value is -2.08. The second-order valence-electron chi connectivity index (χ2n) is 10.6. The molecule has 2 unspecified atom stereocenters. The average Bonchev–Trinajstić information content (AvgIpc) is 2.65. The van der Waals surface area contributed by atoms with Crippen LogP contribution in [0.25, 0.3) is 11.6 Å². The summed E-state index contributed by atoms with van der Waals surface area (Å²) in [6.07, 6.45) is 14.1. The molecule has 0 saturated heterocycles. The summed E-state index contributed by atoms with van der Waals surface area (Å²) in [5.41, 5.74) is 9.99. The van der Waals surface area contributed by atoms with Crippen LogP contribution in [0, 0.1) is 16.7 Å². The number of benzene rings is 1. The third-order valence-electron chi connectivity index (χ3n) is 8.31. The lowest BCUT2D eigenvalue weighted by atomic mass is 9.50. The smallest absolute Gasteiger partial charge is 0.0158 e. The van der Waals surface area contributed by atoms with Gasteiger partial charge in [0.2, 0.25) is 0 Å². The zero-order valence-corrected chi connectivity index (χ0v) is 19.3. The molecule has 0 nitrogen and oxygen atoms in total. The van der Waals surface area contributed by atoms with Gasteiger partial charge in [-0.3, -0.25) is 0 Å². The zero-order valence-electron chi connectivity index (χ0n) is 19.3. The molecule has 3 aliphatic carbocycles. The van der Waals surface area contributed by atoms with Crippen molar-refractivity contribution in [1.82, 2.24) is 0 Å². The topological polar surface area (TPSA) is 0 Å². The molecule has 2 atom stereocenters. The minimum atomic E-state index is -0.0187. The highest BCUT2D eigenvalue weighted by Crippen LogP contribution is 2.61. The summed E-state index contributed by atoms with van der Waals surface area (Å²) in [6.45, 7) is 21.4. The molecular weight excluding hydrogens is 348 g/mol. The van der Waals surface area contributed by atoms with Gasteiger partial charge in [0.1, 0.15) is 0 Å². The normalized spacial score (nSPS) is 30.9. The molecule has 1 aromatic rings. The van der Waals surface area contributed by atoms with Gasteiger partial charge in [-0.25, -0.2) is 0 Å². The first kappa shape index (κ1) is 20.2. The molecule has 0 fully saturated rings. The molecule has 29 heavy (non-hydrogen) atoms. The highest BCUT2D eigenvalue weighted by atomic mass is 14.5. The lowest BCUT2D eigenvalue weighted by molar-refractivity contribution is 0.0918. The number of allylic oxidation sites excluding steroid dienone is 8. The van der Waals surface area contributed by atoms with Gasteiger partial charge in [0.25, 0.3) is 0 Å². The Labute approximate surface area is 177 Å². The fourth-order valence-electron chi connectivity index (χ4n) is 6.33. The molecule has 152 valence electrons. The second kappa shape index (κ2) is 6.46. The molecule has 0 amide bonds. The number of hydrogen-bond acceptors (Lipinski definition) is 0. The van der Waals surface area contributed by atoms with Crippen LogP contribution in [-0.2, 0) is 5.41 Å². The van der Waals surface area contributed by atoms with E-state index in [0.29, 0.717) is 5.92 Å². The molecule has 2 bridgehead atoms. The van der Waals surface area contributed by atoms with Gasteiger partial charge in [-0.2, -0.15) is 0 Å². The Kier molecular flexibility index (Phi) is 4.50. The van der Waals surface area contributed by atoms with Crippen LogP contribution in [0.3, 0.4) is 0 Å². The molecule has 3 aliphatic rings. The van der Waals surface area contributed by atoms with Gasteiger partial charge in [-0.05, 0) is 76.8 Å². The fraction of sp³-hybridized carbons (Fsp3) is 0.448. The predicted molar refractivity (Wildman–Crippen MR) is 128 cm³/mol. The van der Waals surface area contributed by atoms with Crippen molar-refractivity contribution in [1.29, 1.82) is 0 Å². The summed E-state index contributed by atoms with van der Waals surface area (Å²) >= 11 is 0. The van der Waals surface area contributed by atoms with Crippen molar-refractivity contribution < 1.29 is 0 Å². The van der Waals surface area contributed by atoms with E-state index in [0.717, 1.165) is 12.8 Å². The van der Waals surface area contributed by atoms with Crippen LogP contribution in [0.15, 0.2) is 65.8 Å². The standard InChI is InChI=1S/C29H36/c1-9-17-29(8)23-16-15-19(2)26-25(23)20(3)24-21(13-11-18-27(29,4)5)12-10-14-22(24)28(26,6)7/h9-15,17,23H,3,16,18H2,1-2,4-8H3/b13-11-,17-9?. The van der Waals surface area contributed by atoms with Gasteiger partial charge in [0.15, 0.2) is 0 Å². The van der Waals surface area contributed by atoms with E-state index in [1.807, 2.05) is 0 Å². The molecule has 0 heteroatoms. The van der Waals surface area contributed by atoms with Crippen LogP contribution >= 0.6 is 0 Å². The summed E-state index contributed by atoms with van der Waals surface area (Å²) in [5.74, 6) is 0.437. The Balaban J connectivity index is 2.14. The van der Waals surface area contributed by atoms with E-state index in [1.54, 1.807) is 0 Å². The quantitative estimate of drug-likeness (QED) is 0.427. The van der Waals surface area contributed by atoms with E-state index >= 15 is 0 Å². The summed E-state index contributed by atoms with van der Waals surface area (Å²) in [4.78, 5) is 0. The number of rotatable bonds is 1. The Morgan fingerprint density at radius 1 is 1.10 bits per heavy atom. The molecule has 4 rings (SSSR count). The van der Waals surface area contributed by atoms with Crippen molar-refractivity contribution in [3.63, 3.8) is 0 Å². The minimum absolute atomic E-state index is 0.0187. The van der Waals surface area contributed by atoms with E-state index in [2.05, 4.69) is 97.0 Å². The van der Waals surface area contributed by atoms with E-state index in [9.17, 15) is 0 Å². The maximum absolute atomic E-state index is 4.74. The lowest BCUT2D eigenvalue weighted by Crippen LogP contribution is -2.44. The van der Waals surface area contributed by atoms with E-state index in [1.165, 1.54) is 39.0 Å². The first-order valence-corrected chi connectivity index (χ1v) is 11.1. The van der Waals surface area contributed by atoms with Crippen LogP contribution in [-0.4, -0.2) is 0 Å². The molecular formula is C29H36. The van der Waals surface area contributed by atoms with Crippen LogP contribution < -0.4 is 0 Å². The highest BCUT2D eigenvalue weighted by molar-refractivity contribution is 5.91. The van der Waals surface area contributed by atoms with Crippen LogP contribution in [0.5, 0.6) is 0 Å². The lowest BCUT2D eigenvalue weighted by Gasteiger charge is -2.53. The van der Waals surface area contributed by atoms with Crippen molar-refractivity contribution in [3.8, 4) is 0 Å². The van der Waals surface area contributed by atoms with Crippen molar-refractivity contribution in [2.75, 3.05) is 0 Å². The first-order chi connectivity index (χ1) is 13.6. The Morgan fingerprint density at radius 2 is 1.83 bits per heavy atom. The molecule has 0 radical (unpaired) electrons. The molecule has 0 N–H and O–H groups in total. The number of hydrogen-bond donors (Lipinski definition) is 0. The summed E-state index contributed by atoms with van der Waals surface area (Å²) in [5, 5.41) is 0. The van der Waals surface area contributed by atoms with Crippen LogP contribution in [0.1, 0.15) is 78.0 Å². The first-order valence-electron chi connectivity index (χ1n) is 11.1. The zero-order chi connectivity index (χ0) is 21.2. The maximum Gasteiger partial charge on any atom is 0.0158 e. The minimum Gasteiger partial charge on any atom is -0.0911 e. The SMILES string of the molecule is C=C1C2=C3C(C)=CCC2C(C)(C=CC)C(C)(C)C/C=C\c2cccc(c21)C3(C)C. The van der Waals surface area contributed by atoms with Gasteiger partial charge in [0.05, 0.1) is 0 Å². The van der Waals surface area contributed by atoms with Crippen LogP contribution in [0.2, 0.25) is 0 Å². The molecule has 0 spiro atoms. The van der Waals surface area contributed by atoms with Gasteiger partial charge in [0, 0.05) is 5.41 Å². The molecule has 1 aromatic carbocycles. The van der Waals surface area contributed by atoms with Crippen molar-refractivity contribution >= 4 is 11.6 Å². The largest absolute Gasteiger partial charge is 0.0911 e. The van der Waals surface area contributed by atoms with Gasteiger partial charge in [-0.15, -0.1) is 0 Å². The fourth-order valence-corrected chi connectivity index (χ4v) is 6.33. The highest BCUT2D eigenvalue weighted by Gasteiger charge is 2.50. The third kappa shape index (κ3) is 2.64. The Morgan fingerprint density at radius 3 is 2.52 bits per heavy atom. The second-order valence-corrected chi connectivity index (χ2v) is 10.6. The Bertz CT molecular complexity index is 1000.